The number of amides is 5. The smallest absolute Gasteiger partial charge is 0.246 e. The predicted molar refractivity (Wildman–Crippen MR) is 319 cm³/mol. The molecule has 4 aliphatic heterocycles. The highest BCUT2D eigenvalue weighted by atomic mass is 16.2. The van der Waals surface area contributed by atoms with Gasteiger partial charge in [0.1, 0.15) is 12.1 Å². The van der Waals surface area contributed by atoms with Gasteiger partial charge in [0, 0.05) is 56.4 Å². The fourth-order valence-corrected chi connectivity index (χ4v) is 13.5. The van der Waals surface area contributed by atoms with E-state index in [4.69, 9.17) is 0 Å². The minimum atomic E-state index is -0.857. The second kappa shape index (κ2) is 32.8. The van der Waals surface area contributed by atoms with Gasteiger partial charge in [0.05, 0.1) is 24.2 Å². The summed E-state index contributed by atoms with van der Waals surface area (Å²) in [7, 11) is 3.55. The van der Waals surface area contributed by atoms with E-state index in [9.17, 15) is 33.6 Å². The Balaban J connectivity index is 0.859. The summed E-state index contributed by atoms with van der Waals surface area (Å²) in [5.74, 6) is -0.677. The van der Waals surface area contributed by atoms with Gasteiger partial charge in [0.25, 0.3) is 0 Å². The number of nitrogens with one attached hydrogen (secondary N) is 6. The van der Waals surface area contributed by atoms with Crippen molar-refractivity contribution in [2.45, 2.75) is 222 Å². The molecule has 11 atom stereocenters. The highest BCUT2D eigenvalue weighted by molar-refractivity contribution is 5.95. The van der Waals surface area contributed by atoms with Gasteiger partial charge in [-0.3, -0.25) is 38.5 Å². The summed E-state index contributed by atoms with van der Waals surface area (Å²) < 4.78 is 0. The Bertz CT molecular complexity index is 2460. The molecule has 4 saturated heterocycles. The summed E-state index contributed by atoms with van der Waals surface area (Å²) in [4.78, 5) is 101. The molecule has 3 aromatic carbocycles. The van der Waals surface area contributed by atoms with Gasteiger partial charge in [-0.2, -0.15) is 0 Å². The number of ketones is 2. The van der Waals surface area contributed by atoms with Crippen molar-refractivity contribution in [3.63, 3.8) is 0 Å². The lowest BCUT2D eigenvalue weighted by molar-refractivity contribution is -0.143. The molecule has 0 unspecified atom stereocenters. The topological polar surface area (TPSA) is 198 Å². The minimum Gasteiger partial charge on any atom is -0.356 e. The van der Waals surface area contributed by atoms with Crippen LogP contribution in [0.3, 0.4) is 0 Å². The van der Waals surface area contributed by atoms with Crippen molar-refractivity contribution in [1.29, 1.82) is 0 Å². The molecule has 0 saturated carbocycles. The van der Waals surface area contributed by atoms with Gasteiger partial charge in [0.15, 0.2) is 11.6 Å². The Hall–Kier alpha value is -5.77. The van der Waals surface area contributed by atoms with Gasteiger partial charge in [-0.1, -0.05) is 137 Å². The summed E-state index contributed by atoms with van der Waals surface area (Å²) in [6, 6.07) is 26.8. The Morgan fingerprint density at radius 2 is 1.12 bits per heavy atom. The Morgan fingerprint density at radius 3 is 1.78 bits per heavy atom. The van der Waals surface area contributed by atoms with Crippen LogP contribution < -0.4 is 31.9 Å². The monoisotopic (exact) mass is 1110 g/mol. The van der Waals surface area contributed by atoms with Crippen molar-refractivity contribution in [2.75, 3.05) is 27.2 Å². The number of carbonyl (C=O) groups is 7. The van der Waals surface area contributed by atoms with Crippen molar-refractivity contribution in [3.05, 3.63) is 108 Å². The first-order valence-corrected chi connectivity index (χ1v) is 31.2. The van der Waals surface area contributed by atoms with E-state index in [0.29, 0.717) is 89.5 Å². The normalized spacial score (nSPS) is 23.9. The maximum Gasteiger partial charge on any atom is 0.246 e. The second-order valence-corrected chi connectivity index (χ2v) is 23.6. The van der Waals surface area contributed by atoms with Gasteiger partial charge in [-0.05, 0) is 139 Å². The van der Waals surface area contributed by atoms with E-state index in [1.165, 1.54) is 5.56 Å². The number of benzene rings is 3. The highest BCUT2D eigenvalue weighted by Crippen LogP contribution is 2.37. The number of hydrogen-bond acceptors (Lipinski definition) is 10. The van der Waals surface area contributed by atoms with Crippen molar-refractivity contribution >= 4 is 41.1 Å². The molecule has 7 rings (SSSR count). The Kier molecular flexibility index (Phi) is 25.4. The molecule has 0 radical (unpaired) electrons. The molecule has 81 heavy (non-hydrogen) atoms. The lowest BCUT2D eigenvalue weighted by Crippen LogP contribution is -2.58. The predicted octanol–water partition coefficient (Wildman–Crippen LogP) is 8.24. The van der Waals surface area contributed by atoms with Gasteiger partial charge in [0.2, 0.25) is 29.5 Å². The first kappa shape index (κ1) is 62.8. The average molecular weight is 1110 g/mol. The minimum absolute atomic E-state index is 0.00607. The number of likely N-dealkylation sites (N-methyl/N-ethyl adjacent to an activating group) is 2. The van der Waals surface area contributed by atoms with E-state index < -0.39 is 24.2 Å². The quantitative estimate of drug-likeness (QED) is 0.0331. The number of unbranched alkanes of at least 4 members (excludes halogenated alkanes) is 6. The average Bonchev–Trinajstić information content (AvgIpc) is 4.17. The third-order valence-corrected chi connectivity index (χ3v) is 18.3. The second-order valence-electron chi connectivity index (χ2n) is 23.6. The lowest BCUT2D eigenvalue weighted by atomic mass is 9.88. The molecule has 0 bridgehead atoms. The molecule has 15 heteroatoms. The standard InChI is InChI=1S/C66H96N8O7/c1-5-53(67-3)63(78)70-55-45-73-51(37-35-48(55)29-23-22-28-46-24-14-11-15-25-46)39-42-57(73)65(80)71-61(49-30-18-13-19-31-49)59(76)32-20-9-7-8-10-21-33-60(77)69-44-50-36-38-52-40-41-56(58(75)43-34-47-26-16-12-17-27-47)74(52)66(81)62(50)72-64(79)54(6-2)68-4/h11-19,24-27,30-31,48,50-57,61-62,67-68H,5-10,20-23,28-29,32-45H2,1-4H3,(H,69,77)(H,70,78)(H,71,80)(H,72,79)/t48-,50+,51-,52-,53-,54-,55+,56-,57-,61-,62-/m0/s1. The maximum absolute atomic E-state index is 14.5. The molecular weight excluding hydrogens is 1020 g/mol. The summed E-state index contributed by atoms with van der Waals surface area (Å²) in [6.45, 7) is 4.79. The number of carbonyl (C=O) groups excluding carboxylic acids is 7. The van der Waals surface area contributed by atoms with Crippen LogP contribution >= 0.6 is 0 Å². The van der Waals surface area contributed by atoms with Gasteiger partial charge in [-0.15, -0.1) is 0 Å². The first-order chi connectivity index (χ1) is 39.4. The lowest BCUT2D eigenvalue weighted by Gasteiger charge is -2.34. The van der Waals surface area contributed by atoms with E-state index in [0.717, 1.165) is 88.2 Å². The summed E-state index contributed by atoms with van der Waals surface area (Å²) in [5, 5.41) is 19.0. The van der Waals surface area contributed by atoms with Gasteiger partial charge >= 0.3 is 0 Å². The number of Topliss-reactive ketones (excluding diaryl/α,β-unsaturated/α-hetero) is 2. The van der Waals surface area contributed by atoms with Crippen LogP contribution in [0, 0.1) is 11.8 Å². The van der Waals surface area contributed by atoms with Crippen molar-refractivity contribution in [2.24, 2.45) is 11.8 Å². The zero-order chi connectivity index (χ0) is 57.5. The molecule has 4 heterocycles. The van der Waals surface area contributed by atoms with Crippen LogP contribution in [0.5, 0.6) is 0 Å². The highest BCUT2D eigenvalue weighted by Gasteiger charge is 2.48. The van der Waals surface area contributed by atoms with Crippen LogP contribution in [0.2, 0.25) is 0 Å². The summed E-state index contributed by atoms with van der Waals surface area (Å²) >= 11 is 0. The van der Waals surface area contributed by atoms with E-state index in [2.05, 4.69) is 67.1 Å². The zero-order valence-electron chi connectivity index (χ0n) is 49.1. The van der Waals surface area contributed by atoms with E-state index in [1.54, 1.807) is 11.9 Å². The first-order valence-electron chi connectivity index (χ1n) is 31.2. The zero-order valence-corrected chi connectivity index (χ0v) is 49.1. The molecule has 3 aromatic rings. The third-order valence-electron chi connectivity index (χ3n) is 18.3. The molecular formula is C66H96N8O7. The van der Waals surface area contributed by atoms with Crippen LogP contribution in [0.4, 0.5) is 0 Å². The largest absolute Gasteiger partial charge is 0.356 e. The molecule has 4 fully saturated rings. The Morgan fingerprint density at radius 1 is 0.568 bits per heavy atom. The van der Waals surface area contributed by atoms with Gasteiger partial charge < -0.3 is 36.8 Å². The van der Waals surface area contributed by atoms with Crippen molar-refractivity contribution < 1.29 is 33.6 Å². The Labute approximate surface area is 483 Å². The molecule has 6 N–H and O–H groups in total. The fourth-order valence-electron chi connectivity index (χ4n) is 13.5. The molecule has 442 valence electrons. The SMILES string of the molecule is CC[C@H](NC)C(=O)N[C@@H]1C(=O)N2[C@@H](CC[C@@H]1CNC(=O)CCCCCCCCC(=O)[C@@H](NC(=O)[C@@H]1CC[C@@H]3CC[C@H](CCCCc4ccccc4)[C@H](NC(=O)[C@H](CC)NC)CN31)c1ccccc1)CC[C@H]2C(=O)CCc1ccccc1. The van der Waals surface area contributed by atoms with Crippen LogP contribution in [0.25, 0.3) is 0 Å². The number of rotatable bonds is 32. The number of nitrogens with zero attached hydrogens (tertiary/aromatic N) is 2. The number of aryl methyl sites for hydroxylation is 2. The molecule has 0 spiro atoms. The van der Waals surface area contributed by atoms with Crippen molar-refractivity contribution in [3.8, 4) is 0 Å². The van der Waals surface area contributed by atoms with E-state index in [1.807, 2.05) is 81.6 Å². The molecule has 4 aliphatic rings. The molecule has 5 amide bonds. The van der Waals surface area contributed by atoms with E-state index >= 15 is 0 Å². The number of hydrogen-bond donors (Lipinski definition) is 6. The van der Waals surface area contributed by atoms with Crippen molar-refractivity contribution in [1.82, 2.24) is 41.7 Å². The maximum atomic E-state index is 14.5. The number of fused-ring (bicyclic) bond motifs is 2. The van der Waals surface area contributed by atoms with Crippen LogP contribution in [0.15, 0.2) is 91.0 Å². The molecule has 15 nitrogen and oxygen atoms in total. The summed E-state index contributed by atoms with van der Waals surface area (Å²) in [6.07, 6.45) is 18.3. The van der Waals surface area contributed by atoms with Crippen LogP contribution in [0.1, 0.15) is 178 Å². The van der Waals surface area contributed by atoms with Crippen LogP contribution in [-0.4, -0.2) is 126 Å². The summed E-state index contributed by atoms with van der Waals surface area (Å²) in [5.41, 5.74) is 3.20. The van der Waals surface area contributed by atoms with Crippen LogP contribution in [-0.2, 0) is 46.4 Å². The van der Waals surface area contributed by atoms with E-state index in [-0.39, 0.29) is 83.8 Å². The molecule has 0 aliphatic carbocycles. The third kappa shape index (κ3) is 18.1. The fraction of sp³-hybridized carbons (Fsp3) is 0.621. The molecule has 0 aromatic heterocycles. The van der Waals surface area contributed by atoms with Gasteiger partial charge in [-0.25, -0.2) is 0 Å².